The third-order valence-electron chi connectivity index (χ3n) is 17.6. The lowest BCUT2D eigenvalue weighted by Gasteiger charge is -2.31. The van der Waals surface area contributed by atoms with Gasteiger partial charge in [0, 0.05) is 58.4 Å². The fraction of sp³-hybridized carbons (Fsp3) is 1.00. The highest BCUT2D eigenvalue weighted by atomic mass is 16.7. The fourth-order valence-electron chi connectivity index (χ4n) is 13.9. The summed E-state index contributed by atoms with van der Waals surface area (Å²) in [5.41, 5.74) is 4.11. The molecule has 0 bridgehead atoms. The maximum atomic E-state index is 5.65. The van der Waals surface area contributed by atoms with E-state index in [9.17, 15) is 0 Å². The third-order valence-corrected chi connectivity index (χ3v) is 17.6. The summed E-state index contributed by atoms with van der Waals surface area (Å²) >= 11 is 0. The lowest BCUT2D eigenvalue weighted by Crippen LogP contribution is -2.31. The van der Waals surface area contributed by atoms with Crippen molar-refractivity contribution in [1.29, 1.82) is 0 Å². The van der Waals surface area contributed by atoms with E-state index < -0.39 is 0 Å². The fourth-order valence-corrected chi connectivity index (χ4v) is 13.9. The van der Waals surface area contributed by atoms with Gasteiger partial charge in [-0.1, -0.05) is 239 Å². The molecule has 9 aliphatic rings. The summed E-state index contributed by atoms with van der Waals surface area (Å²) < 4.78 is 48.5. The van der Waals surface area contributed by atoms with Gasteiger partial charge in [-0.05, 0) is 182 Å². The minimum Gasteiger partial charge on any atom is -0.381 e. The van der Waals surface area contributed by atoms with Crippen molar-refractivity contribution in [1.82, 2.24) is 0 Å². The Bertz CT molecular complexity index is 1490. The summed E-state index contributed by atoms with van der Waals surface area (Å²) in [5.74, 6) is 4.72. The predicted molar refractivity (Wildman–Crippen MR) is 403 cm³/mol. The summed E-state index contributed by atoms with van der Waals surface area (Å²) in [6, 6.07) is 0. The Labute approximate surface area is 583 Å². The number of ether oxygens (including phenoxy) is 9. The van der Waals surface area contributed by atoms with Gasteiger partial charge in [-0.2, -0.15) is 0 Å². The van der Waals surface area contributed by atoms with Gasteiger partial charge >= 0.3 is 0 Å². The Hall–Kier alpha value is -0.360. The molecule has 9 heteroatoms. The molecule has 0 amide bonds. The van der Waals surface area contributed by atoms with Crippen LogP contribution in [0.15, 0.2) is 0 Å². The molecule has 3 unspecified atom stereocenters. The molecular weight excluding hydrogens is 1150 g/mol. The molecule has 0 radical (unpaired) electrons. The molecule has 0 aromatic rings. The first kappa shape index (κ1) is 92.6. The van der Waals surface area contributed by atoms with Crippen LogP contribution in [0.4, 0.5) is 0 Å². The van der Waals surface area contributed by atoms with E-state index in [1.807, 2.05) is 0 Å². The second-order valence-corrected chi connectivity index (χ2v) is 40.7. The van der Waals surface area contributed by atoms with Crippen molar-refractivity contribution >= 4 is 0 Å². The van der Waals surface area contributed by atoms with E-state index in [-0.39, 0.29) is 20.0 Å². The van der Waals surface area contributed by atoms with Crippen molar-refractivity contribution in [2.75, 3.05) is 79.3 Å². The van der Waals surface area contributed by atoms with Gasteiger partial charge in [0.25, 0.3) is 0 Å². The normalized spacial score (nSPS) is 23.5. The molecule has 9 rings (SSSR count). The highest BCUT2D eigenvalue weighted by molar-refractivity contribution is 4.79. The minimum absolute atomic E-state index is 0. The van der Waals surface area contributed by atoms with Gasteiger partial charge in [0.15, 0.2) is 12.6 Å². The molecule has 9 nitrogen and oxygen atoms in total. The SMILES string of the molecule is C.CC(C)(C)CC1CCC1.CC(C)(C)CC1CCCC1.CC(C)(C)CC1CCCCO1.CC(C)(C)CC1CCCO1.CC(C)(C)CC1CCCOC1.CC(C)(C)CC1CCOCC1.CC(C)(C)CC1COC1.CC(C)(C)CC1OCCCO1.CC(C)(C)CC1OCCO1. The molecule has 7 heterocycles. The summed E-state index contributed by atoms with van der Waals surface area (Å²) in [5, 5.41) is 0. The number of hydrogen-bond acceptors (Lipinski definition) is 9. The number of rotatable bonds is 9. The van der Waals surface area contributed by atoms with E-state index in [1.54, 1.807) is 0 Å². The van der Waals surface area contributed by atoms with E-state index in [0.717, 1.165) is 128 Å². The topological polar surface area (TPSA) is 83.1 Å². The van der Waals surface area contributed by atoms with Gasteiger partial charge in [0.1, 0.15) is 0 Å². The van der Waals surface area contributed by atoms with Crippen LogP contribution in [0.5, 0.6) is 0 Å². The van der Waals surface area contributed by atoms with Crippen molar-refractivity contribution < 1.29 is 42.6 Å². The Morgan fingerprint density at radius 2 is 0.495 bits per heavy atom. The zero-order chi connectivity index (χ0) is 69.9. The quantitative estimate of drug-likeness (QED) is 0.224. The molecule has 2 aliphatic carbocycles. The Balaban J connectivity index is 0.00000102. The van der Waals surface area contributed by atoms with Crippen molar-refractivity contribution in [3.05, 3.63) is 0 Å². The van der Waals surface area contributed by atoms with Crippen LogP contribution in [0, 0.1) is 78.3 Å². The molecule has 560 valence electrons. The third kappa shape index (κ3) is 61.3. The standard InChI is InChI=1S/3C10H20O.C10H20.C9H18O2.C9H18O.C9H18.C8H16O2.C8H16O.CH4/c1-10(2,3)8-9-4-6-11-7-5-9;1-10(2,3)7-9-5-4-6-11-8-9;1-10(2,3)8-9-6-4-5-7-11-9;1-10(2,3)8-9-6-4-5-7-9;1-9(2,3)7-8-10-5-4-6-11-8;1-9(2,3)7-8-5-4-6-10-8;1-9(2,3)7-8-5-4-6-8;1-8(2,3)6-7-9-4-5-10-7;1-8(2,3)4-7-5-9-6-7;/h3*9H,4-8H2,1-3H3;9H,4-8H2,1-3H3;8H,4-7H2,1-3H3;8H,4-7H2,1-3H3;8H,4-7H2,1-3H3;7H,4-6H2,1-3H3;7H,4-6H2,1-3H3;1H4. The first-order valence-corrected chi connectivity index (χ1v) is 38.6. The lowest BCUT2D eigenvalue weighted by molar-refractivity contribution is -0.191. The maximum Gasteiger partial charge on any atom is 0.158 e. The van der Waals surface area contributed by atoms with Gasteiger partial charge in [-0.15, -0.1) is 0 Å². The van der Waals surface area contributed by atoms with Crippen LogP contribution in [0.3, 0.4) is 0 Å². The van der Waals surface area contributed by atoms with Crippen molar-refractivity contribution in [2.45, 2.75) is 386 Å². The monoisotopic (exact) mass is 1320 g/mol. The van der Waals surface area contributed by atoms with Crippen LogP contribution >= 0.6 is 0 Å². The van der Waals surface area contributed by atoms with E-state index in [1.165, 1.54) is 148 Å². The molecule has 7 saturated heterocycles. The molecule has 0 N–H and O–H groups in total. The molecule has 7 aliphatic heterocycles. The summed E-state index contributed by atoms with van der Waals surface area (Å²) in [4.78, 5) is 0. The van der Waals surface area contributed by atoms with Gasteiger partial charge in [-0.3, -0.25) is 0 Å². The molecule has 93 heavy (non-hydrogen) atoms. The van der Waals surface area contributed by atoms with Crippen LogP contribution in [0.25, 0.3) is 0 Å². The second-order valence-electron chi connectivity index (χ2n) is 40.7. The van der Waals surface area contributed by atoms with Gasteiger partial charge in [0.2, 0.25) is 0 Å². The predicted octanol–water partition coefficient (Wildman–Crippen LogP) is 24.8. The molecule has 3 atom stereocenters. The second kappa shape index (κ2) is 46.2. The molecule has 0 aromatic heterocycles. The van der Waals surface area contributed by atoms with Crippen LogP contribution in [-0.4, -0.2) is 104 Å². The van der Waals surface area contributed by atoms with Crippen LogP contribution < -0.4 is 0 Å². The van der Waals surface area contributed by atoms with Crippen molar-refractivity contribution in [3.63, 3.8) is 0 Å². The lowest BCUT2D eigenvalue weighted by atomic mass is 9.74. The molecular formula is C84H170O9. The molecule has 9 fully saturated rings. The number of hydrogen-bond donors (Lipinski definition) is 0. The Morgan fingerprint density at radius 3 is 0.796 bits per heavy atom. The zero-order valence-corrected chi connectivity index (χ0v) is 67.2. The van der Waals surface area contributed by atoms with E-state index in [4.69, 9.17) is 42.6 Å². The minimum atomic E-state index is 0. The van der Waals surface area contributed by atoms with Gasteiger partial charge < -0.3 is 42.6 Å². The van der Waals surface area contributed by atoms with E-state index >= 15 is 0 Å². The van der Waals surface area contributed by atoms with Gasteiger partial charge in [-0.25, -0.2) is 0 Å². The highest BCUT2D eigenvalue weighted by Crippen LogP contribution is 2.38. The van der Waals surface area contributed by atoms with Crippen LogP contribution in [-0.2, 0) is 42.6 Å². The van der Waals surface area contributed by atoms with Crippen molar-refractivity contribution in [2.24, 2.45) is 78.3 Å². The summed E-state index contributed by atoms with van der Waals surface area (Å²) in [7, 11) is 0. The zero-order valence-electron chi connectivity index (χ0n) is 67.2. The van der Waals surface area contributed by atoms with E-state index in [2.05, 4.69) is 187 Å². The molecule has 2 saturated carbocycles. The smallest absolute Gasteiger partial charge is 0.158 e. The Morgan fingerprint density at radius 1 is 0.204 bits per heavy atom. The van der Waals surface area contributed by atoms with Crippen molar-refractivity contribution in [3.8, 4) is 0 Å². The first-order chi connectivity index (χ1) is 42.2. The average Bonchev–Trinajstić information content (AvgIpc) is 3.48. The molecule has 0 aromatic carbocycles. The van der Waals surface area contributed by atoms with Crippen LogP contribution in [0.1, 0.15) is 361 Å². The van der Waals surface area contributed by atoms with E-state index in [0.29, 0.717) is 60.9 Å². The molecule has 0 spiro atoms. The van der Waals surface area contributed by atoms with Crippen LogP contribution in [0.2, 0.25) is 0 Å². The maximum absolute atomic E-state index is 5.65. The first-order valence-electron chi connectivity index (χ1n) is 38.6. The average molecular weight is 1320 g/mol. The highest BCUT2D eigenvalue weighted by Gasteiger charge is 2.29. The largest absolute Gasteiger partial charge is 0.381 e. The summed E-state index contributed by atoms with van der Waals surface area (Å²) in [6.07, 6.45) is 35.6. The van der Waals surface area contributed by atoms with Gasteiger partial charge in [0.05, 0.1) is 51.8 Å². The summed E-state index contributed by atoms with van der Waals surface area (Å²) in [6.45, 7) is 72.8. The Kier molecular flexibility index (Phi) is 46.0.